The number of ketones is 1. The van der Waals surface area contributed by atoms with Crippen LogP contribution in [-0.4, -0.2) is 15.6 Å². The summed E-state index contributed by atoms with van der Waals surface area (Å²) in [6.45, 7) is 1.99. The van der Waals surface area contributed by atoms with Gasteiger partial charge in [0.15, 0.2) is 5.78 Å². The van der Waals surface area contributed by atoms with E-state index in [2.05, 4.69) is 21.0 Å². The SMILES string of the molecule is Cc1nn(C)c(CC2=CC(=O)CCCC2)c1Br. The Morgan fingerprint density at radius 3 is 2.76 bits per heavy atom. The lowest BCUT2D eigenvalue weighted by Gasteiger charge is -2.06. The molecule has 0 aromatic carbocycles. The Hall–Kier alpha value is -0.900. The zero-order chi connectivity index (χ0) is 12.4. The molecule has 1 aliphatic rings. The number of allylic oxidation sites excluding steroid dienone is 2. The van der Waals surface area contributed by atoms with Gasteiger partial charge in [-0.2, -0.15) is 5.10 Å². The normalized spacial score (nSPS) is 16.9. The monoisotopic (exact) mass is 296 g/mol. The van der Waals surface area contributed by atoms with Gasteiger partial charge in [-0.25, -0.2) is 0 Å². The molecule has 0 radical (unpaired) electrons. The number of rotatable bonds is 2. The molecule has 17 heavy (non-hydrogen) atoms. The van der Waals surface area contributed by atoms with Crippen molar-refractivity contribution in [1.82, 2.24) is 9.78 Å². The summed E-state index contributed by atoms with van der Waals surface area (Å²) in [6.07, 6.45) is 6.53. The first-order valence-electron chi connectivity index (χ1n) is 5.98. The van der Waals surface area contributed by atoms with Gasteiger partial charge in [-0.15, -0.1) is 0 Å². The van der Waals surface area contributed by atoms with Crippen molar-refractivity contribution in [2.24, 2.45) is 7.05 Å². The smallest absolute Gasteiger partial charge is 0.155 e. The van der Waals surface area contributed by atoms with Crippen LogP contribution in [0.4, 0.5) is 0 Å². The zero-order valence-corrected chi connectivity index (χ0v) is 11.9. The summed E-state index contributed by atoms with van der Waals surface area (Å²) in [5.41, 5.74) is 3.39. The minimum atomic E-state index is 0.271. The Bertz CT molecular complexity index is 474. The topological polar surface area (TPSA) is 34.9 Å². The highest BCUT2D eigenvalue weighted by atomic mass is 79.9. The zero-order valence-electron chi connectivity index (χ0n) is 10.3. The van der Waals surface area contributed by atoms with Crippen LogP contribution in [0.3, 0.4) is 0 Å². The first-order chi connectivity index (χ1) is 8.08. The van der Waals surface area contributed by atoms with Gasteiger partial charge in [0.05, 0.1) is 15.9 Å². The van der Waals surface area contributed by atoms with E-state index in [0.717, 1.165) is 41.5 Å². The number of halogens is 1. The molecular weight excluding hydrogens is 280 g/mol. The molecule has 2 rings (SSSR count). The minimum Gasteiger partial charge on any atom is -0.295 e. The summed E-state index contributed by atoms with van der Waals surface area (Å²) in [7, 11) is 1.95. The summed E-state index contributed by atoms with van der Waals surface area (Å²) < 4.78 is 2.97. The maximum atomic E-state index is 11.5. The molecule has 0 aliphatic heterocycles. The van der Waals surface area contributed by atoms with Gasteiger partial charge in [0.1, 0.15) is 0 Å². The molecule has 0 atom stereocenters. The molecular formula is C13H17BrN2O. The van der Waals surface area contributed by atoms with Crippen molar-refractivity contribution in [1.29, 1.82) is 0 Å². The van der Waals surface area contributed by atoms with Gasteiger partial charge in [-0.05, 0) is 48.2 Å². The van der Waals surface area contributed by atoms with E-state index in [9.17, 15) is 4.79 Å². The van der Waals surface area contributed by atoms with Crippen LogP contribution in [0.1, 0.15) is 37.1 Å². The van der Waals surface area contributed by atoms with Gasteiger partial charge in [-0.1, -0.05) is 5.57 Å². The second kappa shape index (κ2) is 5.17. The van der Waals surface area contributed by atoms with Gasteiger partial charge < -0.3 is 0 Å². The van der Waals surface area contributed by atoms with E-state index < -0.39 is 0 Å². The predicted molar refractivity (Wildman–Crippen MR) is 70.9 cm³/mol. The highest BCUT2D eigenvalue weighted by Gasteiger charge is 2.14. The van der Waals surface area contributed by atoms with Gasteiger partial charge in [0.25, 0.3) is 0 Å². The largest absolute Gasteiger partial charge is 0.295 e. The molecule has 0 fully saturated rings. The third-order valence-electron chi connectivity index (χ3n) is 3.19. The molecule has 1 aromatic rings. The summed E-state index contributed by atoms with van der Waals surface area (Å²) in [6, 6.07) is 0. The minimum absolute atomic E-state index is 0.271. The quantitative estimate of drug-likeness (QED) is 0.840. The van der Waals surface area contributed by atoms with Crippen LogP contribution in [0.2, 0.25) is 0 Å². The second-order valence-electron chi connectivity index (χ2n) is 4.62. The van der Waals surface area contributed by atoms with Crippen molar-refractivity contribution in [2.45, 2.75) is 39.0 Å². The Morgan fingerprint density at radius 1 is 1.41 bits per heavy atom. The van der Waals surface area contributed by atoms with Crippen LogP contribution < -0.4 is 0 Å². The van der Waals surface area contributed by atoms with E-state index in [1.54, 1.807) is 0 Å². The van der Waals surface area contributed by atoms with Gasteiger partial charge in [-0.3, -0.25) is 9.48 Å². The Labute approximate surface area is 110 Å². The molecule has 0 saturated carbocycles. The Morgan fingerprint density at radius 2 is 2.12 bits per heavy atom. The summed E-state index contributed by atoms with van der Waals surface area (Å²) >= 11 is 3.57. The number of hydrogen-bond donors (Lipinski definition) is 0. The van der Waals surface area contributed by atoms with Crippen LogP contribution in [-0.2, 0) is 18.3 Å². The van der Waals surface area contributed by atoms with Crippen molar-refractivity contribution in [3.8, 4) is 0 Å². The van der Waals surface area contributed by atoms with Crippen LogP contribution >= 0.6 is 15.9 Å². The molecule has 0 spiro atoms. The van der Waals surface area contributed by atoms with E-state index in [0.29, 0.717) is 6.42 Å². The fourth-order valence-corrected chi connectivity index (χ4v) is 2.73. The number of nitrogens with zero attached hydrogens (tertiary/aromatic N) is 2. The molecule has 1 aliphatic carbocycles. The van der Waals surface area contributed by atoms with Gasteiger partial charge in [0, 0.05) is 19.9 Å². The fourth-order valence-electron chi connectivity index (χ4n) is 2.25. The lowest BCUT2D eigenvalue weighted by atomic mass is 10.0. The molecule has 0 saturated heterocycles. The van der Waals surface area contributed by atoms with Crippen LogP contribution in [0.25, 0.3) is 0 Å². The number of carbonyl (C=O) groups excluding carboxylic acids is 1. The van der Waals surface area contributed by atoms with Crippen molar-refractivity contribution in [2.75, 3.05) is 0 Å². The summed E-state index contributed by atoms with van der Waals surface area (Å²) in [5, 5.41) is 4.38. The lowest BCUT2D eigenvalue weighted by molar-refractivity contribution is -0.114. The van der Waals surface area contributed by atoms with Crippen LogP contribution in [0, 0.1) is 6.92 Å². The lowest BCUT2D eigenvalue weighted by Crippen LogP contribution is -2.01. The first kappa shape index (κ1) is 12.6. The molecule has 0 N–H and O–H groups in total. The number of aromatic nitrogens is 2. The molecule has 0 amide bonds. The van der Waals surface area contributed by atoms with E-state index in [1.165, 1.54) is 5.57 Å². The van der Waals surface area contributed by atoms with Crippen molar-refractivity contribution < 1.29 is 4.79 Å². The molecule has 1 aromatic heterocycles. The van der Waals surface area contributed by atoms with E-state index in [1.807, 2.05) is 24.7 Å². The summed E-state index contributed by atoms with van der Waals surface area (Å²) in [4.78, 5) is 11.5. The van der Waals surface area contributed by atoms with E-state index >= 15 is 0 Å². The van der Waals surface area contributed by atoms with Crippen LogP contribution in [0.15, 0.2) is 16.1 Å². The molecule has 3 nitrogen and oxygen atoms in total. The average Bonchev–Trinajstić information content (AvgIpc) is 2.46. The molecule has 4 heteroatoms. The van der Waals surface area contributed by atoms with E-state index in [4.69, 9.17) is 0 Å². The van der Waals surface area contributed by atoms with Crippen molar-refractivity contribution in [3.63, 3.8) is 0 Å². The highest BCUT2D eigenvalue weighted by Crippen LogP contribution is 2.25. The van der Waals surface area contributed by atoms with E-state index in [-0.39, 0.29) is 5.78 Å². The third-order valence-corrected chi connectivity index (χ3v) is 4.22. The summed E-state index contributed by atoms with van der Waals surface area (Å²) in [5.74, 6) is 0.271. The average molecular weight is 297 g/mol. The Balaban J connectivity index is 2.22. The molecule has 0 bridgehead atoms. The highest BCUT2D eigenvalue weighted by molar-refractivity contribution is 9.10. The van der Waals surface area contributed by atoms with Crippen LogP contribution in [0.5, 0.6) is 0 Å². The molecule has 92 valence electrons. The second-order valence-corrected chi connectivity index (χ2v) is 5.42. The standard InChI is InChI=1S/C13H17BrN2O/c1-9-13(14)12(16(2)15-9)8-10-5-3-4-6-11(17)7-10/h7H,3-6,8H2,1-2H3. The maximum Gasteiger partial charge on any atom is 0.155 e. The fraction of sp³-hybridized carbons (Fsp3) is 0.538. The van der Waals surface area contributed by atoms with Gasteiger partial charge >= 0.3 is 0 Å². The predicted octanol–water partition coefficient (Wildman–Crippen LogP) is 3.10. The maximum absolute atomic E-state index is 11.5. The Kier molecular flexibility index (Phi) is 3.82. The van der Waals surface area contributed by atoms with Crippen molar-refractivity contribution in [3.05, 3.63) is 27.5 Å². The first-order valence-corrected chi connectivity index (χ1v) is 6.77. The third kappa shape index (κ3) is 2.86. The van der Waals surface area contributed by atoms with Crippen molar-refractivity contribution >= 4 is 21.7 Å². The molecule has 0 unspecified atom stereocenters. The molecule has 1 heterocycles. The number of carbonyl (C=O) groups is 1. The van der Waals surface area contributed by atoms with Gasteiger partial charge in [0.2, 0.25) is 0 Å². The number of hydrogen-bond acceptors (Lipinski definition) is 2. The number of aryl methyl sites for hydroxylation is 2.